The highest BCUT2D eigenvalue weighted by Crippen LogP contribution is 2.27. The first-order valence-corrected chi connectivity index (χ1v) is 7.70. The van der Waals surface area contributed by atoms with Gasteiger partial charge in [-0.25, -0.2) is 4.98 Å². The minimum Gasteiger partial charge on any atom is -0.497 e. The summed E-state index contributed by atoms with van der Waals surface area (Å²) in [5, 5.41) is 5.76. The molecule has 0 saturated heterocycles. The molecule has 4 heteroatoms. The van der Waals surface area contributed by atoms with E-state index < -0.39 is 0 Å². The number of anilines is 1. The second kappa shape index (κ2) is 6.31. The molecular formula is C17H23N3O. The zero-order valence-corrected chi connectivity index (χ0v) is 12.5. The van der Waals surface area contributed by atoms with Crippen LogP contribution in [0.3, 0.4) is 0 Å². The molecule has 1 aliphatic rings. The van der Waals surface area contributed by atoms with Crippen LogP contribution in [0, 0.1) is 5.92 Å². The molecule has 21 heavy (non-hydrogen) atoms. The fraction of sp³-hybridized carbons (Fsp3) is 0.471. The predicted octanol–water partition coefficient (Wildman–Crippen LogP) is 3.17. The number of hydrogen-bond acceptors (Lipinski definition) is 4. The molecule has 0 amide bonds. The smallest absolute Gasteiger partial charge is 0.133 e. The molecule has 2 atom stereocenters. The summed E-state index contributed by atoms with van der Waals surface area (Å²) >= 11 is 0. The van der Waals surface area contributed by atoms with E-state index in [-0.39, 0.29) is 0 Å². The summed E-state index contributed by atoms with van der Waals surface area (Å²) < 4.78 is 5.27. The molecule has 1 saturated carbocycles. The van der Waals surface area contributed by atoms with Gasteiger partial charge < -0.3 is 15.8 Å². The third-order valence-corrected chi connectivity index (χ3v) is 4.47. The van der Waals surface area contributed by atoms with Crippen molar-refractivity contribution >= 4 is 16.6 Å². The lowest BCUT2D eigenvalue weighted by Gasteiger charge is -2.28. The van der Waals surface area contributed by atoms with E-state index in [2.05, 4.69) is 16.4 Å². The van der Waals surface area contributed by atoms with Crippen LogP contribution >= 0.6 is 0 Å². The summed E-state index contributed by atoms with van der Waals surface area (Å²) in [5.41, 5.74) is 6.22. The Balaban J connectivity index is 1.77. The van der Waals surface area contributed by atoms with Gasteiger partial charge in [0, 0.05) is 24.2 Å². The van der Waals surface area contributed by atoms with Gasteiger partial charge in [-0.3, -0.25) is 0 Å². The highest BCUT2D eigenvalue weighted by Gasteiger charge is 2.21. The molecule has 4 nitrogen and oxygen atoms in total. The number of ether oxygens (including phenoxy) is 1. The average Bonchev–Trinajstić information content (AvgIpc) is 2.53. The number of pyridine rings is 1. The Bertz CT molecular complexity index is 614. The quantitative estimate of drug-likeness (QED) is 0.906. The molecule has 1 fully saturated rings. The Morgan fingerprint density at radius 3 is 2.95 bits per heavy atom. The lowest BCUT2D eigenvalue weighted by atomic mass is 9.85. The Kier molecular flexibility index (Phi) is 4.25. The van der Waals surface area contributed by atoms with Gasteiger partial charge in [0.15, 0.2) is 0 Å². The van der Waals surface area contributed by atoms with Crippen molar-refractivity contribution in [3.8, 4) is 5.75 Å². The van der Waals surface area contributed by atoms with Crippen LogP contribution < -0.4 is 15.8 Å². The van der Waals surface area contributed by atoms with Crippen molar-refractivity contribution in [2.24, 2.45) is 11.7 Å². The first kappa shape index (κ1) is 14.1. The molecular weight excluding hydrogens is 262 g/mol. The minimum absolute atomic E-state index is 0.321. The monoisotopic (exact) mass is 285 g/mol. The minimum atomic E-state index is 0.321. The van der Waals surface area contributed by atoms with Crippen molar-refractivity contribution in [3.05, 3.63) is 30.5 Å². The summed E-state index contributed by atoms with van der Waals surface area (Å²) in [6, 6.07) is 8.40. The van der Waals surface area contributed by atoms with E-state index in [0.717, 1.165) is 35.3 Å². The van der Waals surface area contributed by atoms with Gasteiger partial charge in [0.1, 0.15) is 11.6 Å². The summed E-state index contributed by atoms with van der Waals surface area (Å²) in [5.74, 6) is 2.36. The van der Waals surface area contributed by atoms with Crippen LogP contribution in [0.25, 0.3) is 10.8 Å². The molecule has 1 aliphatic carbocycles. The van der Waals surface area contributed by atoms with E-state index in [1.54, 1.807) is 7.11 Å². The van der Waals surface area contributed by atoms with Crippen LogP contribution in [0.15, 0.2) is 30.5 Å². The van der Waals surface area contributed by atoms with E-state index in [1.807, 2.05) is 24.4 Å². The van der Waals surface area contributed by atoms with Gasteiger partial charge in [0.25, 0.3) is 0 Å². The SMILES string of the molecule is COc1ccc2c(NCC3CCCCC3N)nccc2c1. The van der Waals surface area contributed by atoms with Gasteiger partial charge in [0.05, 0.1) is 7.11 Å². The number of methoxy groups -OCH3 is 1. The molecule has 0 aliphatic heterocycles. The molecule has 112 valence electrons. The number of nitrogens with two attached hydrogens (primary N) is 1. The number of fused-ring (bicyclic) bond motifs is 1. The van der Waals surface area contributed by atoms with E-state index in [1.165, 1.54) is 19.3 Å². The van der Waals surface area contributed by atoms with E-state index in [4.69, 9.17) is 10.5 Å². The van der Waals surface area contributed by atoms with E-state index in [0.29, 0.717) is 12.0 Å². The predicted molar refractivity (Wildman–Crippen MR) is 86.7 cm³/mol. The van der Waals surface area contributed by atoms with Crippen LogP contribution in [0.4, 0.5) is 5.82 Å². The Morgan fingerprint density at radius 2 is 2.14 bits per heavy atom. The third kappa shape index (κ3) is 3.10. The first-order valence-electron chi connectivity index (χ1n) is 7.70. The Hall–Kier alpha value is -1.81. The number of aromatic nitrogens is 1. The zero-order chi connectivity index (χ0) is 14.7. The van der Waals surface area contributed by atoms with Crippen molar-refractivity contribution in [1.29, 1.82) is 0 Å². The van der Waals surface area contributed by atoms with Gasteiger partial charge in [-0.05, 0) is 48.4 Å². The summed E-state index contributed by atoms with van der Waals surface area (Å²) in [4.78, 5) is 4.48. The van der Waals surface area contributed by atoms with Crippen LogP contribution in [-0.2, 0) is 0 Å². The molecule has 3 rings (SSSR count). The maximum atomic E-state index is 6.22. The van der Waals surface area contributed by atoms with Crippen molar-refractivity contribution in [1.82, 2.24) is 4.98 Å². The maximum absolute atomic E-state index is 6.22. The number of rotatable bonds is 4. The van der Waals surface area contributed by atoms with E-state index in [9.17, 15) is 0 Å². The highest BCUT2D eigenvalue weighted by atomic mass is 16.5. The Labute approximate surface area is 125 Å². The first-order chi connectivity index (χ1) is 10.3. The van der Waals surface area contributed by atoms with E-state index >= 15 is 0 Å². The topological polar surface area (TPSA) is 60.2 Å². The number of nitrogens with one attached hydrogen (secondary N) is 1. The summed E-state index contributed by atoms with van der Waals surface area (Å²) in [6.07, 6.45) is 6.76. The maximum Gasteiger partial charge on any atom is 0.133 e. The molecule has 0 spiro atoms. The second-order valence-electron chi connectivity index (χ2n) is 5.84. The van der Waals surface area contributed by atoms with Gasteiger partial charge >= 0.3 is 0 Å². The lowest BCUT2D eigenvalue weighted by Crippen LogP contribution is -2.37. The van der Waals surface area contributed by atoms with Crippen molar-refractivity contribution in [2.45, 2.75) is 31.7 Å². The molecule has 1 aromatic heterocycles. The molecule has 0 radical (unpaired) electrons. The highest BCUT2D eigenvalue weighted by molar-refractivity contribution is 5.92. The number of hydrogen-bond donors (Lipinski definition) is 2. The zero-order valence-electron chi connectivity index (χ0n) is 12.5. The molecule has 2 aromatic rings. The second-order valence-corrected chi connectivity index (χ2v) is 5.84. The summed E-state index contributed by atoms with van der Waals surface area (Å²) in [6.45, 7) is 0.902. The molecule has 1 heterocycles. The number of nitrogens with zero attached hydrogens (tertiary/aromatic N) is 1. The molecule has 1 aromatic carbocycles. The van der Waals surface area contributed by atoms with Crippen LogP contribution in [0.1, 0.15) is 25.7 Å². The lowest BCUT2D eigenvalue weighted by molar-refractivity contribution is 0.321. The number of benzene rings is 1. The normalized spacial score (nSPS) is 22.2. The average molecular weight is 285 g/mol. The van der Waals surface area contributed by atoms with Crippen molar-refractivity contribution in [2.75, 3.05) is 19.0 Å². The van der Waals surface area contributed by atoms with Gasteiger partial charge in [-0.2, -0.15) is 0 Å². The standard InChI is InChI=1S/C17H23N3O/c1-21-14-6-7-15-12(10-14)8-9-19-17(15)20-11-13-4-2-3-5-16(13)18/h6-10,13,16H,2-5,11,18H2,1H3,(H,19,20). The third-order valence-electron chi connectivity index (χ3n) is 4.47. The molecule has 3 N–H and O–H groups in total. The van der Waals surface area contributed by atoms with Gasteiger partial charge in [0.2, 0.25) is 0 Å². The van der Waals surface area contributed by atoms with Crippen molar-refractivity contribution < 1.29 is 4.74 Å². The fourth-order valence-electron chi connectivity index (χ4n) is 3.14. The van der Waals surface area contributed by atoms with Crippen LogP contribution in [0.2, 0.25) is 0 Å². The summed E-state index contributed by atoms with van der Waals surface area (Å²) in [7, 11) is 1.69. The fourth-order valence-corrected chi connectivity index (χ4v) is 3.14. The van der Waals surface area contributed by atoms with Gasteiger partial charge in [-0.15, -0.1) is 0 Å². The van der Waals surface area contributed by atoms with Crippen LogP contribution in [0.5, 0.6) is 5.75 Å². The molecule has 2 unspecified atom stereocenters. The largest absolute Gasteiger partial charge is 0.497 e. The molecule has 0 bridgehead atoms. The van der Waals surface area contributed by atoms with Crippen LogP contribution in [-0.4, -0.2) is 24.7 Å². The van der Waals surface area contributed by atoms with Crippen molar-refractivity contribution in [3.63, 3.8) is 0 Å². The Morgan fingerprint density at radius 1 is 1.29 bits per heavy atom. The van der Waals surface area contributed by atoms with Gasteiger partial charge in [-0.1, -0.05) is 12.8 Å².